The van der Waals surface area contributed by atoms with E-state index in [1.165, 1.54) is 12.1 Å². The van der Waals surface area contributed by atoms with Crippen LogP contribution in [0, 0.1) is 6.92 Å². The molecule has 132 valence electrons. The number of sulfonamides is 1. The molecule has 3 aromatic carbocycles. The Kier molecular flexibility index (Phi) is 5.30. The van der Waals surface area contributed by atoms with E-state index in [4.69, 9.17) is 0 Å². The number of rotatable bonds is 6. The fraction of sp³-hybridized carbons (Fsp3) is 0.0952. The summed E-state index contributed by atoms with van der Waals surface area (Å²) in [6.45, 7) is 1.88. The third-order valence-corrected chi connectivity index (χ3v) is 5.50. The summed E-state index contributed by atoms with van der Waals surface area (Å²) in [5.41, 5.74) is 2.01. The number of hydrogen-bond acceptors (Lipinski definition) is 3. The molecule has 5 heteroatoms. The highest BCUT2D eigenvalue weighted by Gasteiger charge is 2.27. The zero-order valence-corrected chi connectivity index (χ0v) is 15.1. The Hall–Kier alpha value is -2.76. The lowest BCUT2D eigenvalue weighted by Gasteiger charge is -2.18. The second-order valence-electron chi connectivity index (χ2n) is 6.01. The Morgan fingerprint density at radius 3 is 1.92 bits per heavy atom. The summed E-state index contributed by atoms with van der Waals surface area (Å²) in [4.78, 5) is 13.1. The molecule has 0 aliphatic heterocycles. The van der Waals surface area contributed by atoms with Gasteiger partial charge in [-0.3, -0.25) is 4.79 Å². The summed E-state index contributed by atoms with van der Waals surface area (Å²) in [6.07, 6.45) is 0. The maximum Gasteiger partial charge on any atom is 0.241 e. The number of carbonyl (C=O) groups excluding carboxylic acids is 1. The minimum absolute atomic E-state index is 0.130. The Morgan fingerprint density at radius 2 is 1.35 bits per heavy atom. The van der Waals surface area contributed by atoms with E-state index in [9.17, 15) is 13.2 Å². The lowest BCUT2D eigenvalue weighted by Crippen LogP contribution is -2.34. The van der Waals surface area contributed by atoms with E-state index in [1.807, 2.05) is 19.1 Å². The number of ketones is 1. The molecule has 0 amide bonds. The molecule has 0 bridgehead atoms. The first-order valence-electron chi connectivity index (χ1n) is 8.20. The molecule has 0 radical (unpaired) electrons. The molecule has 0 fully saturated rings. The number of aryl methyl sites for hydroxylation is 1. The SMILES string of the molecule is Cc1ccc(S(=O)(=O)N[C@@H](C(=O)c2ccccc2)c2ccccc2)cc1. The van der Waals surface area contributed by atoms with Crippen molar-refractivity contribution < 1.29 is 13.2 Å². The summed E-state index contributed by atoms with van der Waals surface area (Å²) < 4.78 is 28.2. The molecule has 0 saturated heterocycles. The average molecular weight is 365 g/mol. The zero-order chi connectivity index (χ0) is 18.6. The van der Waals surface area contributed by atoms with Gasteiger partial charge in [0, 0.05) is 5.56 Å². The van der Waals surface area contributed by atoms with Crippen LogP contribution in [0.3, 0.4) is 0 Å². The van der Waals surface area contributed by atoms with Crippen molar-refractivity contribution in [3.05, 3.63) is 102 Å². The minimum atomic E-state index is -3.85. The van der Waals surface area contributed by atoms with Crippen LogP contribution in [0.5, 0.6) is 0 Å². The molecule has 3 aromatic rings. The minimum Gasteiger partial charge on any atom is -0.292 e. The van der Waals surface area contributed by atoms with Crippen LogP contribution < -0.4 is 4.72 Å². The van der Waals surface area contributed by atoms with Crippen molar-refractivity contribution in [1.29, 1.82) is 0 Å². The summed E-state index contributed by atoms with van der Waals surface area (Å²) in [6, 6.07) is 23.1. The van der Waals surface area contributed by atoms with Gasteiger partial charge in [-0.1, -0.05) is 78.4 Å². The highest BCUT2D eigenvalue weighted by Crippen LogP contribution is 2.22. The lowest BCUT2D eigenvalue weighted by molar-refractivity contribution is 0.0953. The van der Waals surface area contributed by atoms with Crippen LogP contribution in [0.15, 0.2) is 89.8 Å². The van der Waals surface area contributed by atoms with E-state index >= 15 is 0 Å². The Labute approximate surface area is 153 Å². The number of Topliss-reactive ketones (excluding diaryl/α,β-unsaturated/α-hetero) is 1. The summed E-state index contributed by atoms with van der Waals surface area (Å²) >= 11 is 0. The van der Waals surface area contributed by atoms with E-state index in [0.717, 1.165) is 5.56 Å². The van der Waals surface area contributed by atoms with Crippen molar-refractivity contribution in [2.45, 2.75) is 17.9 Å². The van der Waals surface area contributed by atoms with Crippen molar-refractivity contribution in [3.8, 4) is 0 Å². The van der Waals surface area contributed by atoms with E-state index in [0.29, 0.717) is 11.1 Å². The number of nitrogens with one attached hydrogen (secondary N) is 1. The molecular weight excluding hydrogens is 346 g/mol. The van der Waals surface area contributed by atoms with Crippen molar-refractivity contribution in [2.24, 2.45) is 0 Å². The maximum absolute atomic E-state index is 13.0. The molecule has 0 saturated carbocycles. The van der Waals surface area contributed by atoms with Gasteiger partial charge < -0.3 is 0 Å². The van der Waals surface area contributed by atoms with Crippen LogP contribution in [0.4, 0.5) is 0 Å². The fourth-order valence-electron chi connectivity index (χ4n) is 2.63. The summed E-state index contributed by atoms with van der Waals surface area (Å²) in [7, 11) is -3.85. The Bertz CT molecular complexity index is 982. The second kappa shape index (κ2) is 7.64. The molecule has 4 nitrogen and oxygen atoms in total. The van der Waals surface area contributed by atoms with Gasteiger partial charge >= 0.3 is 0 Å². The number of hydrogen-bond donors (Lipinski definition) is 1. The van der Waals surface area contributed by atoms with Gasteiger partial charge in [0.1, 0.15) is 6.04 Å². The van der Waals surface area contributed by atoms with Gasteiger partial charge in [0.25, 0.3) is 0 Å². The van der Waals surface area contributed by atoms with Crippen LogP contribution >= 0.6 is 0 Å². The molecule has 1 N–H and O–H groups in total. The predicted octanol–water partition coefficient (Wildman–Crippen LogP) is 3.90. The fourth-order valence-corrected chi connectivity index (χ4v) is 3.81. The summed E-state index contributed by atoms with van der Waals surface area (Å²) in [5.74, 6) is -0.299. The zero-order valence-electron chi connectivity index (χ0n) is 14.3. The highest BCUT2D eigenvalue weighted by molar-refractivity contribution is 7.89. The monoisotopic (exact) mass is 365 g/mol. The maximum atomic E-state index is 13.0. The van der Waals surface area contributed by atoms with Crippen LogP contribution in [0.2, 0.25) is 0 Å². The molecule has 0 heterocycles. The van der Waals surface area contributed by atoms with Gasteiger partial charge in [-0.15, -0.1) is 0 Å². The number of carbonyl (C=O) groups is 1. The first-order valence-corrected chi connectivity index (χ1v) is 9.69. The quantitative estimate of drug-likeness (QED) is 0.674. The Balaban J connectivity index is 1.99. The van der Waals surface area contributed by atoms with Crippen molar-refractivity contribution in [3.63, 3.8) is 0 Å². The van der Waals surface area contributed by atoms with E-state index < -0.39 is 16.1 Å². The molecule has 0 unspecified atom stereocenters. The van der Waals surface area contributed by atoms with Crippen molar-refractivity contribution >= 4 is 15.8 Å². The lowest BCUT2D eigenvalue weighted by atomic mass is 9.98. The van der Waals surface area contributed by atoms with E-state index in [1.54, 1.807) is 60.7 Å². The topological polar surface area (TPSA) is 63.2 Å². The van der Waals surface area contributed by atoms with Gasteiger partial charge in [0.2, 0.25) is 10.0 Å². The van der Waals surface area contributed by atoms with Crippen LogP contribution in [-0.2, 0) is 10.0 Å². The second-order valence-corrected chi connectivity index (χ2v) is 7.72. The van der Waals surface area contributed by atoms with Gasteiger partial charge in [-0.2, -0.15) is 4.72 Å². The van der Waals surface area contributed by atoms with Crippen LogP contribution in [0.25, 0.3) is 0 Å². The van der Waals surface area contributed by atoms with Crippen LogP contribution in [-0.4, -0.2) is 14.2 Å². The molecule has 1 atom stereocenters. The van der Waals surface area contributed by atoms with Crippen molar-refractivity contribution in [1.82, 2.24) is 4.72 Å². The molecule has 0 spiro atoms. The van der Waals surface area contributed by atoms with Gasteiger partial charge in [-0.25, -0.2) is 8.42 Å². The van der Waals surface area contributed by atoms with Crippen LogP contribution in [0.1, 0.15) is 27.5 Å². The average Bonchev–Trinajstić information content (AvgIpc) is 2.67. The predicted molar refractivity (Wildman–Crippen MR) is 101 cm³/mol. The first-order chi connectivity index (χ1) is 12.5. The molecule has 26 heavy (non-hydrogen) atoms. The molecular formula is C21H19NO3S. The molecule has 0 aliphatic carbocycles. The van der Waals surface area contributed by atoms with Gasteiger partial charge in [0.05, 0.1) is 4.90 Å². The number of benzene rings is 3. The molecule has 0 aliphatic rings. The van der Waals surface area contributed by atoms with Gasteiger partial charge in [0.15, 0.2) is 5.78 Å². The third-order valence-electron chi connectivity index (χ3n) is 4.06. The van der Waals surface area contributed by atoms with Gasteiger partial charge in [-0.05, 0) is 24.6 Å². The standard InChI is InChI=1S/C21H19NO3S/c1-16-12-14-19(15-13-16)26(24,25)22-20(17-8-4-2-5-9-17)21(23)18-10-6-3-7-11-18/h2-15,20,22H,1H3/t20-/m1/s1. The molecule has 0 aromatic heterocycles. The molecule has 3 rings (SSSR count). The normalized spacial score (nSPS) is 12.5. The summed E-state index contributed by atoms with van der Waals surface area (Å²) in [5, 5.41) is 0. The largest absolute Gasteiger partial charge is 0.292 e. The Morgan fingerprint density at radius 1 is 0.808 bits per heavy atom. The van der Waals surface area contributed by atoms with E-state index in [-0.39, 0.29) is 10.7 Å². The van der Waals surface area contributed by atoms with Crippen molar-refractivity contribution in [2.75, 3.05) is 0 Å². The van der Waals surface area contributed by atoms with E-state index in [2.05, 4.69) is 4.72 Å². The first kappa shape index (κ1) is 18.0. The highest BCUT2D eigenvalue weighted by atomic mass is 32.2. The smallest absolute Gasteiger partial charge is 0.241 e. The third kappa shape index (κ3) is 4.07.